The number of nitrogens with two attached hydrogens (primary N) is 1. The molecule has 0 saturated carbocycles. The highest BCUT2D eigenvalue weighted by atomic mass is 35.5. The first-order valence-corrected chi connectivity index (χ1v) is 2.94. The van der Waals surface area contributed by atoms with Gasteiger partial charge in [-0.1, -0.05) is 12.1 Å². The first kappa shape index (κ1) is 10.7. The lowest BCUT2D eigenvalue weighted by molar-refractivity contribution is 0.0692. The average Bonchev–Trinajstić information content (AvgIpc) is 2.04. The number of hydrogen-bond donors (Lipinski definition) is 2. The van der Waals surface area contributed by atoms with Crippen LogP contribution in [0.2, 0.25) is 0 Å². The molecule has 1 rings (SSSR count). The van der Waals surface area contributed by atoms with Crippen LogP contribution in [0.1, 0.15) is 10.4 Å². The molecule has 66 valence electrons. The third-order valence-electron chi connectivity index (χ3n) is 1.24. The predicted octanol–water partition coefficient (Wildman–Crippen LogP) is 1.06. The van der Waals surface area contributed by atoms with Crippen LogP contribution in [0.15, 0.2) is 24.3 Å². The van der Waals surface area contributed by atoms with E-state index < -0.39 is 5.97 Å². The molecule has 0 aliphatic rings. The Bertz CT molecular complexity index is 277. The van der Waals surface area contributed by atoms with Crippen molar-refractivity contribution in [2.45, 2.75) is 0 Å². The third kappa shape index (κ3) is 2.11. The van der Waals surface area contributed by atoms with Gasteiger partial charge in [-0.2, -0.15) is 5.90 Å². The molecule has 0 aliphatic carbocycles. The van der Waals surface area contributed by atoms with Crippen molar-refractivity contribution in [3.05, 3.63) is 29.8 Å². The smallest absolute Gasteiger partial charge is 0.339 e. The molecular weight excluding hydrogens is 182 g/mol. The minimum absolute atomic E-state index is 0. The van der Waals surface area contributed by atoms with E-state index in [1.54, 1.807) is 12.1 Å². The number of para-hydroxylation sites is 1. The van der Waals surface area contributed by atoms with Gasteiger partial charge in [0.05, 0.1) is 0 Å². The monoisotopic (exact) mass is 189 g/mol. The van der Waals surface area contributed by atoms with Crippen molar-refractivity contribution in [1.82, 2.24) is 0 Å². The normalized spacial score (nSPS) is 8.42. The van der Waals surface area contributed by atoms with Crippen molar-refractivity contribution >= 4 is 18.4 Å². The van der Waals surface area contributed by atoms with Gasteiger partial charge in [0.25, 0.3) is 0 Å². The fourth-order valence-corrected chi connectivity index (χ4v) is 0.746. The maximum absolute atomic E-state index is 10.4. The largest absolute Gasteiger partial charge is 0.478 e. The van der Waals surface area contributed by atoms with Crippen LogP contribution in [-0.4, -0.2) is 11.1 Å². The van der Waals surface area contributed by atoms with E-state index in [4.69, 9.17) is 11.0 Å². The summed E-state index contributed by atoms with van der Waals surface area (Å²) in [5.41, 5.74) is 0.0648. The number of aromatic carboxylic acids is 1. The molecule has 4 nitrogen and oxygen atoms in total. The zero-order valence-corrected chi connectivity index (χ0v) is 6.88. The van der Waals surface area contributed by atoms with Gasteiger partial charge in [0.2, 0.25) is 0 Å². The summed E-state index contributed by atoms with van der Waals surface area (Å²) in [6.45, 7) is 0. The maximum atomic E-state index is 10.4. The van der Waals surface area contributed by atoms with E-state index in [1.807, 2.05) is 0 Å². The molecule has 0 amide bonds. The molecule has 0 heterocycles. The van der Waals surface area contributed by atoms with Gasteiger partial charge in [0, 0.05) is 0 Å². The number of hydrogen-bond acceptors (Lipinski definition) is 3. The summed E-state index contributed by atoms with van der Waals surface area (Å²) in [7, 11) is 0. The highest BCUT2D eigenvalue weighted by molar-refractivity contribution is 5.90. The highest BCUT2D eigenvalue weighted by Gasteiger charge is 2.08. The summed E-state index contributed by atoms with van der Waals surface area (Å²) in [4.78, 5) is 14.8. The van der Waals surface area contributed by atoms with E-state index in [0.29, 0.717) is 0 Å². The van der Waals surface area contributed by atoms with Gasteiger partial charge in [0.15, 0.2) is 5.75 Å². The molecule has 5 heteroatoms. The molecule has 0 saturated heterocycles. The lowest BCUT2D eigenvalue weighted by Crippen LogP contribution is -2.07. The quantitative estimate of drug-likeness (QED) is 0.683. The number of halogens is 1. The summed E-state index contributed by atoms with van der Waals surface area (Å²) in [5.74, 6) is 3.94. The summed E-state index contributed by atoms with van der Waals surface area (Å²) in [5, 5.41) is 8.56. The number of carbonyl (C=O) groups is 1. The second-order valence-corrected chi connectivity index (χ2v) is 1.92. The second-order valence-electron chi connectivity index (χ2n) is 1.92. The Hall–Kier alpha value is -1.26. The SMILES string of the molecule is Cl.NOc1ccccc1C(=O)O. The standard InChI is InChI=1S/C7H7NO3.ClH/c8-11-6-4-2-1-3-5(6)7(9)10;/h1-4H,8H2,(H,9,10);1H. The van der Waals surface area contributed by atoms with Gasteiger partial charge in [-0.25, -0.2) is 4.79 Å². The highest BCUT2D eigenvalue weighted by Crippen LogP contribution is 2.15. The number of carboxylic acids is 1. The average molecular weight is 190 g/mol. The van der Waals surface area contributed by atoms with Gasteiger partial charge in [-0.05, 0) is 12.1 Å². The molecule has 0 fully saturated rings. The van der Waals surface area contributed by atoms with Gasteiger partial charge >= 0.3 is 5.97 Å². The van der Waals surface area contributed by atoms with Crippen LogP contribution in [0.3, 0.4) is 0 Å². The third-order valence-corrected chi connectivity index (χ3v) is 1.24. The van der Waals surface area contributed by atoms with E-state index in [9.17, 15) is 4.79 Å². The van der Waals surface area contributed by atoms with Crippen LogP contribution in [0.5, 0.6) is 5.75 Å². The van der Waals surface area contributed by atoms with Crippen LogP contribution in [0.25, 0.3) is 0 Å². The fourth-order valence-electron chi connectivity index (χ4n) is 0.746. The lowest BCUT2D eigenvalue weighted by Gasteiger charge is -2.00. The molecule has 3 N–H and O–H groups in total. The van der Waals surface area contributed by atoms with E-state index in [1.165, 1.54) is 12.1 Å². The zero-order valence-electron chi connectivity index (χ0n) is 6.06. The molecule has 0 aliphatic heterocycles. The Balaban J connectivity index is 0.00000121. The van der Waals surface area contributed by atoms with Crippen LogP contribution >= 0.6 is 12.4 Å². The maximum Gasteiger partial charge on any atom is 0.339 e. The van der Waals surface area contributed by atoms with Crippen LogP contribution in [-0.2, 0) is 0 Å². The van der Waals surface area contributed by atoms with E-state index in [2.05, 4.69) is 4.84 Å². The molecule has 1 aromatic rings. The fraction of sp³-hybridized carbons (Fsp3) is 0. The Morgan fingerprint density at radius 2 is 2.00 bits per heavy atom. The zero-order chi connectivity index (χ0) is 8.27. The first-order valence-electron chi connectivity index (χ1n) is 2.94. The molecule has 0 atom stereocenters. The van der Waals surface area contributed by atoms with Crippen LogP contribution < -0.4 is 10.7 Å². The topological polar surface area (TPSA) is 72.5 Å². The van der Waals surface area contributed by atoms with Gasteiger partial charge < -0.3 is 9.94 Å². The Labute approximate surface area is 75.3 Å². The second kappa shape index (κ2) is 4.58. The summed E-state index contributed by atoms with van der Waals surface area (Å²) in [6.07, 6.45) is 0. The van der Waals surface area contributed by atoms with Crippen molar-refractivity contribution in [3.63, 3.8) is 0 Å². The minimum atomic E-state index is -1.05. The van der Waals surface area contributed by atoms with E-state index in [0.717, 1.165) is 0 Å². The Morgan fingerprint density at radius 1 is 1.42 bits per heavy atom. The molecule has 1 aromatic carbocycles. The molecule has 0 unspecified atom stereocenters. The van der Waals surface area contributed by atoms with Crippen molar-refractivity contribution in [2.24, 2.45) is 5.90 Å². The van der Waals surface area contributed by atoms with Crippen molar-refractivity contribution in [3.8, 4) is 5.75 Å². The number of carboxylic acid groups (broad SMARTS) is 1. The van der Waals surface area contributed by atoms with Crippen LogP contribution in [0, 0.1) is 0 Å². The minimum Gasteiger partial charge on any atom is -0.478 e. The number of benzene rings is 1. The Morgan fingerprint density at radius 3 is 2.42 bits per heavy atom. The molecule has 0 radical (unpaired) electrons. The van der Waals surface area contributed by atoms with Gasteiger partial charge in [-0.3, -0.25) is 0 Å². The molecule has 0 bridgehead atoms. The molecular formula is C7H8ClNO3. The molecule has 0 aromatic heterocycles. The van der Waals surface area contributed by atoms with Gasteiger partial charge in [0.1, 0.15) is 5.56 Å². The van der Waals surface area contributed by atoms with Crippen molar-refractivity contribution < 1.29 is 14.7 Å². The molecule has 12 heavy (non-hydrogen) atoms. The van der Waals surface area contributed by atoms with E-state index in [-0.39, 0.29) is 23.7 Å². The van der Waals surface area contributed by atoms with Crippen molar-refractivity contribution in [2.75, 3.05) is 0 Å². The predicted molar refractivity (Wildman–Crippen MR) is 45.5 cm³/mol. The Kier molecular flexibility index (Phi) is 4.10. The lowest BCUT2D eigenvalue weighted by atomic mass is 10.2. The summed E-state index contributed by atoms with van der Waals surface area (Å²) >= 11 is 0. The summed E-state index contributed by atoms with van der Waals surface area (Å²) in [6, 6.07) is 6.16. The first-order chi connectivity index (χ1) is 5.25. The van der Waals surface area contributed by atoms with Crippen molar-refractivity contribution in [1.29, 1.82) is 0 Å². The van der Waals surface area contributed by atoms with Crippen LogP contribution in [0.4, 0.5) is 0 Å². The van der Waals surface area contributed by atoms with E-state index >= 15 is 0 Å². The number of rotatable bonds is 2. The van der Waals surface area contributed by atoms with Gasteiger partial charge in [-0.15, -0.1) is 12.4 Å². The summed E-state index contributed by atoms with van der Waals surface area (Å²) < 4.78 is 0. The molecule has 0 spiro atoms.